The first-order valence-electron chi connectivity index (χ1n) is 44.9. The highest BCUT2D eigenvalue weighted by Gasteiger charge is 2.30. The van der Waals surface area contributed by atoms with E-state index in [0.717, 1.165) is 22.3 Å². The van der Waals surface area contributed by atoms with Crippen molar-refractivity contribution in [2.24, 2.45) is 0 Å². The molecule has 32 aromatic rings. The molecule has 9 aromatic heterocycles. The molecule has 0 bridgehead atoms. The molecule has 0 fully saturated rings. The molecule has 0 aliphatic carbocycles. The molecule has 0 atom stereocenters. The predicted molar refractivity (Wildman–Crippen MR) is 559 cm³/mol. The number of benzene rings is 23. The molecule has 0 N–H and O–H groups in total. The molecule has 131 heavy (non-hydrogen) atoms. The van der Waals surface area contributed by atoms with Gasteiger partial charge in [0, 0.05) is 138 Å². The van der Waals surface area contributed by atoms with E-state index >= 15 is 0 Å². The molecule has 9 heterocycles. The number of hydrogen-bond acceptors (Lipinski definition) is 5. The van der Waals surface area contributed by atoms with Gasteiger partial charge in [0.2, 0.25) is 0 Å². The summed E-state index contributed by atoms with van der Waals surface area (Å²) in [7, 11) is 0. The smallest absolute Gasteiger partial charge is 0.164 e. The molecule has 0 aliphatic heterocycles. The lowest BCUT2D eigenvalue weighted by atomic mass is 9.88. The summed E-state index contributed by atoms with van der Waals surface area (Å²) in [4.78, 5) is 15.0. The van der Waals surface area contributed by atoms with Crippen LogP contribution in [-0.2, 0) is 0 Å². The van der Waals surface area contributed by atoms with Gasteiger partial charge >= 0.3 is 0 Å². The summed E-state index contributed by atoms with van der Waals surface area (Å²) in [6, 6.07) is 151. The van der Waals surface area contributed by atoms with Crippen molar-refractivity contribution in [1.82, 2.24) is 28.2 Å². The summed E-state index contributed by atoms with van der Waals surface area (Å²) < 4.78 is 12.9. The van der Waals surface area contributed by atoms with E-state index in [2.05, 4.69) is 365 Å². The van der Waals surface area contributed by atoms with E-state index in [1.165, 1.54) is 258 Å². The standard InChI is InChI=1S/C45H26N4.C42H23NS.C36H19NS/c1-3-12-27(13-4-1)43-46-44(28-14-5-2-6-15-28)48-45(47-43)30-17-11-16-29(26-30)31-24-25-38-41-39(31)34-20-8-7-18-32(34)35-22-23-36-33-19-9-10-21-37(33)49(38)42(36)40(35)41;1-2-14-31-28(11-1)32-19-20-33-29-12-3-5-17-35(29)43-36-22-21-26(38(31)40(36)39(32)41(33)43)24-9-7-10-25(23-24)27-15-8-16-34-30-13-4-6-18-37(30)44-42(27)34;1-2-10-25-22(7-1)26-14-15-27-23-8-3-5-11-29(23)37-30-17-16-21(33(25)35(30)34(26)36(27)37)20-13-18-32-28(19-20)24-9-4-6-12-31(24)38-32/h1-26H;1-23H;1-19H. The Hall–Kier alpha value is -16.8. The minimum atomic E-state index is 0.652. The summed E-state index contributed by atoms with van der Waals surface area (Å²) in [5, 5.41) is 37.3. The van der Waals surface area contributed by atoms with Crippen molar-refractivity contribution in [2.75, 3.05) is 0 Å². The first kappa shape index (κ1) is 71.4. The van der Waals surface area contributed by atoms with Gasteiger partial charge in [0.15, 0.2) is 17.5 Å². The maximum atomic E-state index is 5.03. The zero-order valence-corrected chi connectivity index (χ0v) is 71.9. The number of hydrogen-bond donors (Lipinski definition) is 0. The maximum absolute atomic E-state index is 5.03. The number of fused-ring (bicyclic) bond motifs is 27. The molecule has 32 rings (SSSR count). The van der Waals surface area contributed by atoms with Crippen LogP contribution in [0.4, 0.5) is 0 Å². The summed E-state index contributed by atoms with van der Waals surface area (Å²) in [5.41, 5.74) is 24.6. The molecule has 0 spiro atoms. The van der Waals surface area contributed by atoms with Gasteiger partial charge in [-0.25, -0.2) is 15.0 Å². The summed E-state index contributed by atoms with van der Waals surface area (Å²) in [5.74, 6) is 1.97. The Balaban J connectivity index is 0.0000000953. The van der Waals surface area contributed by atoms with Gasteiger partial charge in [-0.05, 0) is 166 Å². The minimum absolute atomic E-state index is 0.652. The average Bonchev–Trinajstić information content (AvgIpc) is 1.52. The predicted octanol–water partition coefficient (Wildman–Crippen LogP) is 34.3. The largest absolute Gasteiger partial charge is 0.308 e. The summed E-state index contributed by atoms with van der Waals surface area (Å²) >= 11 is 3.78. The van der Waals surface area contributed by atoms with Crippen LogP contribution in [0.3, 0.4) is 0 Å². The van der Waals surface area contributed by atoms with Crippen molar-refractivity contribution in [3.63, 3.8) is 0 Å². The Morgan fingerprint density at radius 2 is 0.458 bits per heavy atom. The van der Waals surface area contributed by atoms with E-state index in [4.69, 9.17) is 15.0 Å². The van der Waals surface area contributed by atoms with Crippen molar-refractivity contribution < 1.29 is 0 Å². The molecular formula is C123H68N6S2. The van der Waals surface area contributed by atoms with E-state index in [9.17, 15) is 0 Å². The van der Waals surface area contributed by atoms with E-state index < -0.39 is 0 Å². The molecule has 23 aromatic carbocycles. The van der Waals surface area contributed by atoms with E-state index in [1.807, 2.05) is 83.3 Å². The monoisotopic (exact) mass is 1690 g/mol. The van der Waals surface area contributed by atoms with Crippen molar-refractivity contribution in [3.05, 3.63) is 413 Å². The van der Waals surface area contributed by atoms with Crippen molar-refractivity contribution >= 4 is 242 Å². The summed E-state index contributed by atoms with van der Waals surface area (Å²) in [6.45, 7) is 0. The van der Waals surface area contributed by atoms with Gasteiger partial charge in [0.1, 0.15) is 0 Å². The summed E-state index contributed by atoms with van der Waals surface area (Å²) in [6.07, 6.45) is 0. The van der Waals surface area contributed by atoms with Gasteiger partial charge in [0.05, 0.1) is 49.7 Å². The molecule has 0 saturated carbocycles. The van der Waals surface area contributed by atoms with Gasteiger partial charge in [0.25, 0.3) is 0 Å². The zero-order chi connectivity index (χ0) is 85.1. The molecule has 8 heteroatoms. The van der Waals surface area contributed by atoms with Crippen LogP contribution in [0.5, 0.6) is 0 Å². The number of nitrogens with zero attached hydrogens (tertiary/aromatic N) is 6. The van der Waals surface area contributed by atoms with Crippen LogP contribution in [-0.4, -0.2) is 28.2 Å². The first-order chi connectivity index (χ1) is 65.0. The number of rotatable bonds is 7. The van der Waals surface area contributed by atoms with Crippen LogP contribution in [0.1, 0.15) is 0 Å². The van der Waals surface area contributed by atoms with Crippen LogP contribution in [0, 0.1) is 0 Å². The van der Waals surface area contributed by atoms with E-state index in [0.29, 0.717) is 17.5 Å². The van der Waals surface area contributed by atoms with E-state index in [1.54, 1.807) is 0 Å². The number of aromatic nitrogens is 6. The topological polar surface area (TPSA) is 51.9 Å². The fourth-order valence-corrected chi connectivity index (χ4v) is 25.6. The molecule has 6 nitrogen and oxygen atoms in total. The molecule has 0 unspecified atom stereocenters. The molecule has 0 radical (unpaired) electrons. The fraction of sp³-hybridized carbons (Fsp3) is 0. The Morgan fingerprint density at radius 1 is 0.153 bits per heavy atom. The van der Waals surface area contributed by atoms with Crippen molar-refractivity contribution in [1.29, 1.82) is 0 Å². The molecule has 0 saturated heterocycles. The average molecular weight is 1690 g/mol. The van der Waals surface area contributed by atoms with Crippen LogP contribution in [0.25, 0.3) is 298 Å². The van der Waals surface area contributed by atoms with Gasteiger partial charge < -0.3 is 13.2 Å². The number of thiophene rings is 2. The van der Waals surface area contributed by atoms with Crippen LogP contribution in [0.15, 0.2) is 413 Å². The van der Waals surface area contributed by atoms with Crippen LogP contribution in [0.2, 0.25) is 0 Å². The van der Waals surface area contributed by atoms with Crippen molar-refractivity contribution in [2.45, 2.75) is 0 Å². The molecule has 0 aliphatic rings. The third-order valence-corrected chi connectivity index (χ3v) is 31.1. The molecule has 0 amide bonds. The second kappa shape index (κ2) is 26.9. The molecular weight excluding hydrogens is 1630 g/mol. The lowest BCUT2D eigenvalue weighted by molar-refractivity contribution is 1.07. The highest BCUT2D eigenvalue weighted by Crippen LogP contribution is 2.55. The third kappa shape index (κ3) is 9.90. The van der Waals surface area contributed by atoms with Gasteiger partial charge in [-0.2, -0.15) is 0 Å². The van der Waals surface area contributed by atoms with Crippen molar-refractivity contribution in [3.8, 4) is 78.7 Å². The van der Waals surface area contributed by atoms with Crippen LogP contribution >= 0.6 is 22.7 Å². The van der Waals surface area contributed by atoms with E-state index in [-0.39, 0.29) is 0 Å². The SMILES string of the molecule is c1cc(-c2cccc3c2sc2ccccc23)cc(-c2ccc3c4c2c2ccccc2c2ccc5c6ccccc6n3c5c24)c1.c1ccc(-c2nc(-c3ccccc3)nc(-c3cccc(-c4ccc5c6c4c4ccccc4c4ccc7c8ccccc8n5c7c46)c3)n2)cc1.c1ccc2c(c1)sc1ccc(-c3ccc4c5c3c3ccccc3c3ccc6c7ccccc7n4c6c35)cc12. The van der Waals surface area contributed by atoms with Gasteiger partial charge in [-0.15, -0.1) is 22.7 Å². The second-order valence-corrected chi connectivity index (χ2v) is 37.4. The molecule has 602 valence electrons. The maximum Gasteiger partial charge on any atom is 0.164 e. The Bertz CT molecular complexity index is 10400. The minimum Gasteiger partial charge on any atom is -0.308 e. The fourth-order valence-electron chi connectivity index (χ4n) is 23.3. The lowest BCUT2D eigenvalue weighted by Crippen LogP contribution is -2.00. The normalized spacial score (nSPS) is 12.4. The zero-order valence-electron chi connectivity index (χ0n) is 70.3. The Labute approximate surface area is 755 Å². The van der Waals surface area contributed by atoms with Crippen LogP contribution < -0.4 is 0 Å². The Kier molecular flexibility index (Phi) is 14.7. The second-order valence-electron chi connectivity index (χ2n) is 35.3. The Morgan fingerprint density at radius 3 is 0.908 bits per heavy atom. The first-order valence-corrected chi connectivity index (χ1v) is 46.6. The highest BCUT2D eigenvalue weighted by atomic mass is 32.1. The third-order valence-electron chi connectivity index (χ3n) is 28.7. The van der Waals surface area contributed by atoms with Gasteiger partial charge in [-0.1, -0.05) is 340 Å². The van der Waals surface area contributed by atoms with Gasteiger partial charge in [-0.3, -0.25) is 0 Å². The quantitative estimate of drug-likeness (QED) is 0.149. The lowest BCUT2D eigenvalue weighted by Gasteiger charge is -2.14. The highest BCUT2D eigenvalue weighted by molar-refractivity contribution is 7.26. The number of para-hydroxylation sites is 3.